The van der Waals surface area contributed by atoms with Gasteiger partial charge >= 0.3 is 5.97 Å². The van der Waals surface area contributed by atoms with Crippen LogP contribution in [0.25, 0.3) is 0 Å². The highest BCUT2D eigenvalue weighted by atomic mass is 32.2. The molecule has 2 rings (SSSR count). The minimum absolute atomic E-state index is 0.110. The molecule has 8 heteroatoms. The molecule has 0 heterocycles. The molecule has 2 aromatic carbocycles. The highest BCUT2D eigenvalue weighted by Gasteiger charge is 2.23. The molecule has 1 N–H and O–H groups in total. The maximum Gasteiger partial charge on any atom is 0.340 e. The first-order valence-electron chi connectivity index (χ1n) is 8.26. The molecule has 1 amide bonds. The summed E-state index contributed by atoms with van der Waals surface area (Å²) in [7, 11) is -3.61. The summed E-state index contributed by atoms with van der Waals surface area (Å²) < 4.78 is 34.0. The van der Waals surface area contributed by atoms with Crippen molar-refractivity contribution in [1.82, 2.24) is 0 Å². The number of anilines is 1. The fourth-order valence-electron chi connectivity index (χ4n) is 2.28. The van der Waals surface area contributed by atoms with Crippen LogP contribution in [0.15, 0.2) is 53.4 Å². The average molecular weight is 391 g/mol. The van der Waals surface area contributed by atoms with Crippen molar-refractivity contribution < 1.29 is 27.5 Å². The van der Waals surface area contributed by atoms with Gasteiger partial charge in [-0.15, -0.1) is 0 Å². The molecule has 0 aliphatic carbocycles. The molecular formula is C19H21NO6S. The molecule has 0 aromatic heterocycles. The number of ether oxygens (including phenoxy) is 2. The van der Waals surface area contributed by atoms with E-state index in [1.54, 1.807) is 24.3 Å². The molecule has 0 bridgehead atoms. The minimum atomic E-state index is -3.61. The molecule has 27 heavy (non-hydrogen) atoms. The van der Waals surface area contributed by atoms with Gasteiger partial charge in [0.15, 0.2) is 15.9 Å². The lowest BCUT2D eigenvalue weighted by atomic mass is 10.2. The largest absolute Gasteiger partial charge is 0.494 e. The average Bonchev–Trinajstić information content (AvgIpc) is 2.62. The molecule has 0 unspecified atom stereocenters. The second kappa shape index (κ2) is 8.68. The van der Waals surface area contributed by atoms with Gasteiger partial charge in [0.1, 0.15) is 5.75 Å². The lowest BCUT2D eigenvalue weighted by Crippen LogP contribution is -2.30. The van der Waals surface area contributed by atoms with E-state index in [9.17, 15) is 18.0 Å². The van der Waals surface area contributed by atoms with Crippen LogP contribution in [0.5, 0.6) is 5.75 Å². The zero-order valence-electron chi connectivity index (χ0n) is 15.3. The first kappa shape index (κ1) is 20.4. The van der Waals surface area contributed by atoms with Crippen LogP contribution >= 0.6 is 0 Å². The number of sulfone groups is 1. The van der Waals surface area contributed by atoms with Gasteiger partial charge in [-0.05, 0) is 50.2 Å². The second-order valence-electron chi connectivity index (χ2n) is 5.76. The first-order chi connectivity index (χ1) is 12.7. The Hall–Kier alpha value is -2.87. The molecule has 0 spiro atoms. The van der Waals surface area contributed by atoms with E-state index in [-0.39, 0.29) is 10.5 Å². The first-order valence-corrected chi connectivity index (χ1v) is 10.1. The maximum atomic E-state index is 12.3. The summed E-state index contributed by atoms with van der Waals surface area (Å²) in [5.41, 5.74) is 0.406. The van der Waals surface area contributed by atoms with Crippen molar-refractivity contribution >= 4 is 27.4 Å². The predicted molar refractivity (Wildman–Crippen MR) is 101 cm³/mol. The third-order valence-electron chi connectivity index (χ3n) is 3.59. The highest BCUT2D eigenvalue weighted by molar-refractivity contribution is 7.90. The molecule has 0 aliphatic heterocycles. The Balaban J connectivity index is 2.05. The van der Waals surface area contributed by atoms with Crippen molar-refractivity contribution in [1.29, 1.82) is 0 Å². The van der Waals surface area contributed by atoms with E-state index in [2.05, 4.69) is 5.32 Å². The molecule has 0 aliphatic rings. The van der Waals surface area contributed by atoms with Crippen LogP contribution in [-0.4, -0.2) is 39.3 Å². The number of benzene rings is 2. The SMILES string of the molecule is CCOc1ccc(NC(=O)[C@H](C)OC(=O)c2ccccc2S(C)(=O)=O)cc1. The summed E-state index contributed by atoms with van der Waals surface area (Å²) in [6.45, 7) is 3.81. The molecule has 2 aromatic rings. The predicted octanol–water partition coefficient (Wildman–Crippen LogP) is 2.67. The van der Waals surface area contributed by atoms with Crippen LogP contribution in [-0.2, 0) is 19.4 Å². The number of amides is 1. The molecule has 0 saturated carbocycles. The number of nitrogens with one attached hydrogen (secondary N) is 1. The monoisotopic (exact) mass is 391 g/mol. The van der Waals surface area contributed by atoms with Crippen molar-refractivity contribution in [2.45, 2.75) is 24.8 Å². The molecule has 0 saturated heterocycles. The third kappa shape index (κ3) is 5.55. The van der Waals surface area contributed by atoms with Gasteiger partial charge in [0.25, 0.3) is 5.91 Å². The fourth-order valence-corrected chi connectivity index (χ4v) is 3.16. The van der Waals surface area contributed by atoms with Gasteiger partial charge in [-0.25, -0.2) is 13.2 Å². The third-order valence-corrected chi connectivity index (χ3v) is 4.75. The minimum Gasteiger partial charge on any atom is -0.494 e. The van der Waals surface area contributed by atoms with E-state index in [4.69, 9.17) is 9.47 Å². The number of esters is 1. The number of carbonyl (C=O) groups excluding carboxylic acids is 2. The van der Waals surface area contributed by atoms with Gasteiger partial charge in [-0.2, -0.15) is 0 Å². The summed E-state index contributed by atoms with van der Waals surface area (Å²) in [6, 6.07) is 12.4. The van der Waals surface area contributed by atoms with Crippen LogP contribution in [0, 0.1) is 0 Å². The molecule has 7 nitrogen and oxygen atoms in total. The summed E-state index contributed by atoms with van der Waals surface area (Å²) in [5, 5.41) is 2.62. The second-order valence-corrected chi connectivity index (χ2v) is 7.75. The topological polar surface area (TPSA) is 98.8 Å². The van der Waals surface area contributed by atoms with Crippen LogP contribution in [0.2, 0.25) is 0 Å². The lowest BCUT2D eigenvalue weighted by Gasteiger charge is -2.15. The molecule has 0 radical (unpaired) electrons. The van der Waals surface area contributed by atoms with Crippen LogP contribution < -0.4 is 10.1 Å². The van der Waals surface area contributed by atoms with E-state index in [1.165, 1.54) is 31.2 Å². The number of hydrogen-bond donors (Lipinski definition) is 1. The number of carbonyl (C=O) groups is 2. The van der Waals surface area contributed by atoms with Crippen molar-refractivity contribution in [2.24, 2.45) is 0 Å². The Bertz CT molecular complexity index is 921. The summed E-state index contributed by atoms with van der Waals surface area (Å²) in [5.74, 6) is -0.748. The summed E-state index contributed by atoms with van der Waals surface area (Å²) >= 11 is 0. The van der Waals surface area contributed by atoms with E-state index < -0.39 is 27.8 Å². The van der Waals surface area contributed by atoms with E-state index in [1.807, 2.05) is 6.92 Å². The Labute approximate surface area is 158 Å². The maximum absolute atomic E-state index is 12.3. The van der Waals surface area contributed by atoms with Gasteiger partial charge in [0, 0.05) is 11.9 Å². The Morgan fingerprint density at radius 2 is 1.70 bits per heavy atom. The van der Waals surface area contributed by atoms with Crippen molar-refractivity contribution in [3.05, 3.63) is 54.1 Å². The molecule has 144 valence electrons. The van der Waals surface area contributed by atoms with Crippen LogP contribution in [0.4, 0.5) is 5.69 Å². The Morgan fingerprint density at radius 3 is 2.30 bits per heavy atom. The van der Waals surface area contributed by atoms with Crippen molar-refractivity contribution in [3.63, 3.8) is 0 Å². The van der Waals surface area contributed by atoms with Crippen LogP contribution in [0.1, 0.15) is 24.2 Å². The standard InChI is InChI=1S/C19H21NO6S/c1-4-25-15-11-9-14(10-12-15)20-18(21)13(2)26-19(22)16-7-5-6-8-17(16)27(3,23)24/h5-13H,4H2,1-3H3,(H,20,21)/t13-/m0/s1. The van der Waals surface area contributed by atoms with Gasteiger partial charge in [-0.3, -0.25) is 4.79 Å². The van der Waals surface area contributed by atoms with Crippen LogP contribution in [0.3, 0.4) is 0 Å². The molecular weight excluding hydrogens is 370 g/mol. The highest BCUT2D eigenvalue weighted by Crippen LogP contribution is 2.18. The Kier molecular flexibility index (Phi) is 6.57. The van der Waals surface area contributed by atoms with E-state index >= 15 is 0 Å². The Morgan fingerprint density at radius 1 is 1.07 bits per heavy atom. The molecule has 0 fully saturated rings. The van der Waals surface area contributed by atoms with Gasteiger partial charge in [-0.1, -0.05) is 12.1 Å². The van der Waals surface area contributed by atoms with Crippen molar-refractivity contribution in [2.75, 3.05) is 18.2 Å². The van der Waals surface area contributed by atoms with Gasteiger partial charge < -0.3 is 14.8 Å². The normalized spacial score (nSPS) is 12.1. The zero-order valence-corrected chi connectivity index (χ0v) is 16.1. The number of hydrogen-bond acceptors (Lipinski definition) is 6. The summed E-state index contributed by atoms with van der Waals surface area (Å²) in [6.07, 6.45) is -0.113. The fraction of sp³-hybridized carbons (Fsp3) is 0.263. The quantitative estimate of drug-likeness (QED) is 0.729. The van der Waals surface area contributed by atoms with E-state index in [0.717, 1.165) is 6.26 Å². The van der Waals surface area contributed by atoms with E-state index in [0.29, 0.717) is 18.0 Å². The zero-order chi connectivity index (χ0) is 20.0. The molecule has 1 atom stereocenters. The lowest BCUT2D eigenvalue weighted by molar-refractivity contribution is -0.123. The summed E-state index contributed by atoms with van der Waals surface area (Å²) in [4.78, 5) is 24.4. The van der Waals surface area contributed by atoms with Gasteiger partial charge in [0.05, 0.1) is 17.1 Å². The smallest absolute Gasteiger partial charge is 0.340 e. The van der Waals surface area contributed by atoms with Gasteiger partial charge in [0.2, 0.25) is 0 Å². The number of rotatable bonds is 7. The van der Waals surface area contributed by atoms with Crippen molar-refractivity contribution in [3.8, 4) is 5.75 Å².